The third kappa shape index (κ3) is 3.15. The van der Waals surface area contributed by atoms with Crippen molar-refractivity contribution in [2.24, 2.45) is 5.18 Å². The van der Waals surface area contributed by atoms with E-state index in [0.29, 0.717) is 24.5 Å². The maximum absolute atomic E-state index is 10.6. The monoisotopic (exact) mass is 240 g/mol. The molecule has 0 radical (unpaired) electrons. The maximum Gasteiger partial charge on any atom is 0.171 e. The van der Waals surface area contributed by atoms with Crippen LogP contribution >= 0.6 is 0 Å². The summed E-state index contributed by atoms with van der Waals surface area (Å²) in [6.07, 6.45) is 0. The van der Waals surface area contributed by atoms with Gasteiger partial charge in [-0.1, -0.05) is 6.07 Å². The zero-order valence-electron chi connectivity index (χ0n) is 9.67. The van der Waals surface area contributed by atoms with E-state index in [0.717, 1.165) is 0 Å². The predicted molar refractivity (Wildman–Crippen MR) is 64.8 cm³/mol. The Balaban J connectivity index is 3.12. The Bertz CT molecular complexity index is 364. The summed E-state index contributed by atoms with van der Waals surface area (Å²) in [7, 11) is 1.45. The molecule has 1 aromatic carbocycles. The minimum Gasteiger partial charge on any atom is -0.492 e. The van der Waals surface area contributed by atoms with E-state index in [2.05, 4.69) is 5.18 Å². The van der Waals surface area contributed by atoms with Gasteiger partial charge in [0.25, 0.3) is 0 Å². The van der Waals surface area contributed by atoms with Crippen molar-refractivity contribution in [2.75, 3.05) is 38.3 Å². The normalized spacial score (nSPS) is 10.1. The summed E-state index contributed by atoms with van der Waals surface area (Å²) in [4.78, 5) is 12.4. The molecule has 17 heavy (non-hydrogen) atoms. The second kappa shape index (κ2) is 6.82. The highest BCUT2D eigenvalue weighted by Crippen LogP contribution is 2.37. The average Bonchev–Trinajstić information content (AvgIpc) is 2.37. The largest absolute Gasteiger partial charge is 0.492 e. The number of anilines is 1. The molecule has 0 atom stereocenters. The molecule has 0 unspecified atom stereocenters. The Hall–Kier alpha value is -1.66. The Morgan fingerprint density at radius 1 is 1.29 bits per heavy atom. The summed E-state index contributed by atoms with van der Waals surface area (Å²) in [6.45, 7) is 0.586. The van der Waals surface area contributed by atoms with Gasteiger partial charge in [0.1, 0.15) is 0 Å². The van der Waals surface area contributed by atoms with Gasteiger partial charge in [-0.05, 0) is 17.3 Å². The zero-order chi connectivity index (χ0) is 12.7. The van der Waals surface area contributed by atoms with Gasteiger partial charge in [0.05, 0.1) is 26.0 Å². The topological polar surface area (TPSA) is 82.4 Å². The van der Waals surface area contributed by atoms with Crippen LogP contribution in [0, 0.1) is 4.91 Å². The van der Waals surface area contributed by atoms with Crippen LogP contribution in [-0.2, 0) is 0 Å². The van der Waals surface area contributed by atoms with E-state index in [1.165, 1.54) is 7.11 Å². The van der Waals surface area contributed by atoms with E-state index >= 15 is 0 Å². The SMILES string of the molecule is COc1c(N=O)cccc1N(CCO)CCO. The quantitative estimate of drug-likeness (QED) is 0.691. The van der Waals surface area contributed by atoms with Crippen molar-refractivity contribution in [3.8, 4) is 5.75 Å². The lowest BCUT2D eigenvalue weighted by Crippen LogP contribution is -2.29. The number of ether oxygens (including phenoxy) is 1. The number of aliphatic hydroxyl groups is 2. The van der Waals surface area contributed by atoms with Crippen LogP contribution in [0.25, 0.3) is 0 Å². The second-order valence-corrected chi connectivity index (χ2v) is 3.36. The first-order valence-corrected chi connectivity index (χ1v) is 5.25. The molecule has 2 N–H and O–H groups in total. The first-order chi connectivity index (χ1) is 8.28. The lowest BCUT2D eigenvalue weighted by molar-refractivity contribution is 0.280. The van der Waals surface area contributed by atoms with E-state index in [-0.39, 0.29) is 18.9 Å². The summed E-state index contributed by atoms with van der Waals surface area (Å²) >= 11 is 0. The standard InChI is InChI=1S/C11H16N2O4/c1-17-11-9(12-16)3-2-4-10(11)13(5-7-14)6-8-15/h2-4,14-15H,5-8H2,1H3. The van der Waals surface area contributed by atoms with Crippen LogP contribution in [0.1, 0.15) is 0 Å². The molecule has 0 aliphatic carbocycles. The summed E-state index contributed by atoms with van der Waals surface area (Å²) in [5.41, 5.74) is 0.832. The Labute approximate surface area is 99.4 Å². The van der Waals surface area contributed by atoms with Gasteiger partial charge in [-0.25, -0.2) is 0 Å². The molecule has 0 saturated heterocycles. The predicted octanol–water partition coefficient (Wildman–Crippen LogP) is 0.884. The van der Waals surface area contributed by atoms with Crippen molar-refractivity contribution in [3.63, 3.8) is 0 Å². The lowest BCUT2D eigenvalue weighted by Gasteiger charge is -2.25. The molecule has 6 nitrogen and oxygen atoms in total. The van der Waals surface area contributed by atoms with E-state index < -0.39 is 0 Å². The molecule has 0 heterocycles. The third-order valence-corrected chi connectivity index (χ3v) is 2.36. The van der Waals surface area contributed by atoms with E-state index in [9.17, 15) is 4.91 Å². The van der Waals surface area contributed by atoms with Crippen LogP contribution in [0.2, 0.25) is 0 Å². The van der Waals surface area contributed by atoms with Crippen LogP contribution in [0.15, 0.2) is 23.4 Å². The van der Waals surface area contributed by atoms with Crippen molar-refractivity contribution in [1.29, 1.82) is 0 Å². The number of hydrogen-bond acceptors (Lipinski definition) is 6. The van der Waals surface area contributed by atoms with Crippen molar-refractivity contribution in [1.82, 2.24) is 0 Å². The van der Waals surface area contributed by atoms with Crippen LogP contribution in [0.5, 0.6) is 5.75 Å². The van der Waals surface area contributed by atoms with Gasteiger partial charge in [0, 0.05) is 13.1 Å². The van der Waals surface area contributed by atoms with Gasteiger partial charge < -0.3 is 19.8 Å². The van der Waals surface area contributed by atoms with E-state index in [1.54, 1.807) is 23.1 Å². The van der Waals surface area contributed by atoms with Crippen molar-refractivity contribution < 1.29 is 14.9 Å². The molecule has 0 amide bonds. The molecular weight excluding hydrogens is 224 g/mol. The Kier molecular flexibility index (Phi) is 5.38. The zero-order valence-corrected chi connectivity index (χ0v) is 9.67. The molecular formula is C11H16N2O4. The van der Waals surface area contributed by atoms with E-state index in [4.69, 9.17) is 14.9 Å². The maximum atomic E-state index is 10.6. The molecule has 0 fully saturated rings. The first-order valence-electron chi connectivity index (χ1n) is 5.25. The summed E-state index contributed by atoms with van der Waals surface area (Å²) < 4.78 is 5.14. The number of rotatable bonds is 7. The number of benzene rings is 1. The van der Waals surface area contributed by atoms with Gasteiger partial charge in [-0.15, -0.1) is 4.91 Å². The number of aliphatic hydroxyl groups excluding tert-OH is 2. The molecule has 0 saturated carbocycles. The highest BCUT2D eigenvalue weighted by Gasteiger charge is 2.15. The Morgan fingerprint density at radius 3 is 2.41 bits per heavy atom. The van der Waals surface area contributed by atoms with Crippen molar-refractivity contribution in [3.05, 3.63) is 23.1 Å². The minimum atomic E-state index is -0.0537. The highest BCUT2D eigenvalue weighted by atomic mass is 16.5. The number of methoxy groups -OCH3 is 1. The number of nitrogens with zero attached hydrogens (tertiary/aromatic N) is 2. The summed E-state index contributed by atoms with van der Waals surface area (Å²) in [6, 6.07) is 4.97. The molecule has 6 heteroatoms. The molecule has 0 aliphatic heterocycles. The van der Waals surface area contributed by atoms with Gasteiger partial charge in [-0.3, -0.25) is 0 Å². The molecule has 0 aliphatic rings. The molecule has 1 aromatic rings. The smallest absolute Gasteiger partial charge is 0.171 e. The Morgan fingerprint density at radius 2 is 1.94 bits per heavy atom. The number of hydrogen-bond donors (Lipinski definition) is 2. The third-order valence-electron chi connectivity index (χ3n) is 2.36. The highest BCUT2D eigenvalue weighted by molar-refractivity contribution is 5.69. The summed E-state index contributed by atoms with van der Waals surface area (Å²) in [5, 5.41) is 20.8. The fraction of sp³-hybridized carbons (Fsp3) is 0.455. The fourth-order valence-electron chi connectivity index (χ4n) is 1.64. The molecule has 94 valence electrons. The van der Waals surface area contributed by atoms with Gasteiger partial charge >= 0.3 is 0 Å². The summed E-state index contributed by atoms with van der Waals surface area (Å²) in [5.74, 6) is 0.351. The molecule has 1 rings (SSSR count). The van der Waals surface area contributed by atoms with Crippen LogP contribution in [0.4, 0.5) is 11.4 Å². The number of nitroso groups, excluding NO2 is 1. The van der Waals surface area contributed by atoms with E-state index in [1.807, 2.05) is 0 Å². The molecule has 0 spiro atoms. The first kappa shape index (κ1) is 13.4. The van der Waals surface area contributed by atoms with Gasteiger partial charge in [-0.2, -0.15) is 0 Å². The van der Waals surface area contributed by atoms with Crippen molar-refractivity contribution >= 4 is 11.4 Å². The second-order valence-electron chi connectivity index (χ2n) is 3.36. The number of para-hydroxylation sites is 1. The lowest BCUT2D eigenvalue weighted by atomic mass is 10.2. The van der Waals surface area contributed by atoms with Crippen molar-refractivity contribution in [2.45, 2.75) is 0 Å². The average molecular weight is 240 g/mol. The minimum absolute atomic E-state index is 0.0537. The van der Waals surface area contributed by atoms with Gasteiger partial charge in [0.15, 0.2) is 11.4 Å². The fourth-order valence-corrected chi connectivity index (χ4v) is 1.64. The molecule has 0 bridgehead atoms. The van der Waals surface area contributed by atoms with Crippen LogP contribution < -0.4 is 9.64 Å². The molecule has 0 aromatic heterocycles. The van der Waals surface area contributed by atoms with Gasteiger partial charge in [0.2, 0.25) is 0 Å². The van der Waals surface area contributed by atoms with Crippen LogP contribution in [0.3, 0.4) is 0 Å². The van der Waals surface area contributed by atoms with Crippen LogP contribution in [-0.4, -0.2) is 43.6 Å².